The zero-order valence-electron chi connectivity index (χ0n) is 26.1. The van der Waals surface area contributed by atoms with E-state index in [1.807, 2.05) is 89.8 Å². The number of rotatable bonds is 3. The monoisotopic (exact) mass is 645 g/mol. The van der Waals surface area contributed by atoms with Crippen LogP contribution in [0, 0.1) is 0 Å². The van der Waals surface area contributed by atoms with Crippen molar-refractivity contribution in [3.05, 3.63) is 126 Å². The summed E-state index contributed by atoms with van der Waals surface area (Å²) in [5.74, 6) is 0.640. The third kappa shape index (κ3) is 6.10. The van der Waals surface area contributed by atoms with Crippen LogP contribution in [0.5, 0.6) is 0 Å². The molecule has 0 fully saturated rings. The van der Waals surface area contributed by atoms with Gasteiger partial charge in [0.1, 0.15) is 0 Å². The van der Waals surface area contributed by atoms with Crippen LogP contribution in [0.4, 0.5) is 38.0 Å². The molecular formula is C38H35N3O3S2. The Morgan fingerprint density at radius 2 is 0.891 bits per heavy atom. The predicted octanol–water partition coefficient (Wildman–Crippen LogP) is 11.7. The molecule has 8 heteroatoms. The zero-order chi connectivity index (χ0) is 32.4. The van der Waals surface area contributed by atoms with Crippen LogP contribution in [0.15, 0.2) is 135 Å². The highest BCUT2D eigenvalue weighted by atomic mass is 32.2. The number of nitrogens with zero attached hydrogens (tertiary/aromatic N) is 2. The summed E-state index contributed by atoms with van der Waals surface area (Å²) in [5, 5.41) is 12.6. The fourth-order valence-electron chi connectivity index (χ4n) is 5.69. The van der Waals surface area contributed by atoms with Gasteiger partial charge in [-0.15, -0.1) is 0 Å². The number of para-hydroxylation sites is 5. The van der Waals surface area contributed by atoms with Crippen LogP contribution < -0.4 is 15.1 Å². The maximum Gasteiger partial charge on any atom is 0.416 e. The number of hydrogen-bond donors (Lipinski definition) is 2. The predicted molar refractivity (Wildman–Crippen MR) is 190 cm³/mol. The van der Waals surface area contributed by atoms with Gasteiger partial charge in [0, 0.05) is 25.3 Å². The average Bonchev–Trinajstić information content (AvgIpc) is 3.06. The molecule has 0 aromatic heterocycles. The second kappa shape index (κ2) is 13.4. The van der Waals surface area contributed by atoms with Gasteiger partial charge in [0.25, 0.3) is 0 Å². The van der Waals surface area contributed by atoms with E-state index < -0.39 is 6.09 Å². The minimum atomic E-state index is -0.954. The molecule has 7 rings (SSSR count). The van der Waals surface area contributed by atoms with Crippen molar-refractivity contribution in [2.24, 2.45) is 0 Å². The first-order valence-corrected chi connectivity index (χ1v) is 16.9. The molecule has 2 N–H and O–H groups in total. The summed E-state index contributed by atoms with van der Waals surface area (Å²) in [4.78, 5) is 32.3. The number of urea groups is 1. The lowest BCUT2D eigenvalue weighted by Crippen LogP contribution is -2.33. The van der Waals surface area contributed by atoms with Gasteiger partial charge in [-0.1, -0.05) is 118 Å². The number of benzene rings is 5. The third-order valence-electron chi connectivity index (χ3n) is 7.86. The number of nitrogens with one attached hydrogen (secondary N) is 1. The first-order valence-electron chi connectivity index (χ1n) is 15.2. The summed E-state index contributed by atoms with van der Waals surface area (Å²) in [6, 6.07) is 37.4. The lowest BCUT2D eigenvalue weighted by atomic mass is 9.93. The molecule has 0 unspecified atom stereocenters. The Kier molecular flexibility index (Phi) is 9.10. The molecule has 3 amide bonds. The Labute approximate surface area is 278 Å². The fraction of sp³-hybridized carbons (Fsp3) is 0.158. The number of anilines is 5. The van der Waals surface area contributed by atoms with Crippen molar-refractivity contribution < 1.29 is 14.7 Å². The fourth-order valence-corrected chi connectivity index (χ4v) is 7.81. The number of fused-ring (bicyclic) bond motifs is 4. The molecule has 0 bridgehead atoms. The summed E-state index contributed by atoms with van der Waals surface area (Å²) in [6.45, 7) is 8.66. The lowest BCUT2D eigenvalue weighted by Gasteiger charge is -2.32. The van der Waals surface area contributed by atoms with Crippen molar-refractivity contribution in [1.82, 2.24) is 0 Å². The molecule has 5 aromatic carbocycles. The van der Waals surface area contributed by atoms with Crippen LogP contribution >= 0.6 is 23.5 Å². The van der Waals surface area contributed by atoms with Crippen LogP contribution in [0.1, 0.15) is 50.7 Å². The number of carboxylic acid groups (broad SMARTS) is 1. The molecule has 232 valence electrons. The summed E-state index contributed by atoms with van der Waals surface area (Å²) in [6.07, 6.45) is -0.954. The van der Waals surface area contributed by atoms with Crippen molar-refractivity contribution in [1.29, 1.82) is 0 Å². The summed E-state index contributed by atoms with van der Waals surface area (Å²) in [7, 11) is 0. The molecule has 0 atom stereocenters. The molecular weight excluding hydrogens is 611 g/mol. The van der Waals surface area contributed by atoms with E-state index in [0.29, 0.717) is 11.8 Å². The van der Waals surface area contributed by atoms with Gasteiger partial charge in [0.15, 0.2) is 0 Å². The Bertz CT molecular complexity index is 1810. The maximum atomic E-state index is 13.6. The van der Waals surface area contributed by atoms with Crippen LogP contribution in [-0.4, -0.2) is 17.2 Å². The molecule has 5 aromatic rings. The van der Waals surface area contributed by atoms with Gasteiger partial charge >= 0.3 is 12.1 Å². The Hall–Kier alpha value is -4.66. The van der Waals surface area contributed by atoms with Crippen molar-refractivity contribution in [2.45, 2.75) is 59.1 Å². The van der Waals surface area contributed by atoms with Crippen molar-refractivity contribution >= 4 is 64.1 Å². The van der Waals surface area contributed by atoms with E-state index >= 15 is 0 Å². The maximum absolute atomic E-state index is 13.6. The summed E-state index contributed by atoms with van der Waals surface area (Å²) in [5.41, 5.74) is 6.56. The number of hydrogen-bond acceptors (Lipinski definition) is 4. The van der Waals surface area contributed by atoms with Crippen molar-refractivity contribution in [3.8, 4) is 0 Å². The minimum absolute atomic E-state index is 0.125. The van der Waals surface area contributed by atoms with Crippen LogP contribution in [0.3, 0.4) is 0 Å². The van der Waals surface area contributed by atoms with E-state index in [4.69, 9.17) is 0 Å². The average molecular weight is 646 g/mol. The van der Waals surface area contributed by atoms with E-state index in [9.17, 15) is 14.7 Å². The van der Waals surface area contributed by atoms with Gasteiger partial charge in [-0.25, -0.2) is 14.5 Å². The second-order valence-corrected chi connectivity index (χ2v) is 13.7. The molecule has 46 heavy (non-hydrogen) atoms. The van der Waals surface area contributed by atoms with Gasteiger partial charge in [0.2, 0.25) is 0 Å². The largest absolute Gasteiger partial charge is 0.464 e. The molecule has 0 aliphatic carbocycles. The second-order valence-electron chi connectivity index (χ2n) is 11.6. The minimum Gasteiger partial charge on any atom is -0.464 e. The number of carbonyl (C=O) groups is 2. The lowest BCUT2D eigenvalue weighted by molar-refractivity contribution is 0.204. The highest BCUT2D eigenvalue weighted by Gasteiger charge is 2.30. The molecule has 2 aliphatic rings. The Morgan fingerprint density at radius 3 is 1.24 bits per heavy atom. The van der Waals surface area contributed by atoms with Gasteiger partial charge < -0.3 is 10.4 Å². The SMILES string of the molecule is CC(C)c1cccc(C(C)C)c1NC(=O)N1c2ccccc2Sc2ccccc21.O=C(O)N1c2ccccc2Sc2ccccc21. The third-order valence-corrected chi connectivity index (χ3v) is 10.1. The Morgan fingerprint density at radius 1 is 0.543 bits per heavy atom. The topological polar surface area (TPSA) is 72.9 Å². The van der Waals surface area contributed by atoms with E-state index in [2.05, 4.69) is 63.3 Å². The van der Waals surface area contributed by atoms with Gasteiger partial charge in [-0.2, -0.15) is 0 Å². The molecule has 6 nitrogen and oxygen atoms in total. The van der Waals surface area contributed by atoms with E-state index in [1.54, 1.807) is 23.5 Å². The molecule has 0 saturated carbocycles. The van der Waals surface area contributed by atoms with Crippen molar-refractivity contribution in [2.75, 3.05) is 15.1 Å². The molecule has 0 saturated heterocycles. The molecule has 2 aliphatic heterocycles. The summed E-state index contributed by atoms with van der Waals surface area (Å²) < 4.78 is 0. The first kappa shape index (κ1) is 31.3. The highest BCUT2D eigenvalue weighted by Crippen LogP contribution is 2.49. The van der Waals surface area contributed by atoms with Crippen LogP contribution in [-0.2, 0) is 0 Å². The van der Waals surface area contributed by atoms with Gasteiger partial charge in [-0.3, -0.25) is 4.90 Å². The van der Waals surface area contributed by atoms with Crippen molar-refractivity contribution in [3.63, 3.8) is 0 Å². The van der Waals surface area contributed by atoms with E-state index in [-0.39, 0.29) is 6.03 Å². The van der Waals surface area contributed by atoms with E-state index in [0.717, 1.165) is 59.1 Å². The quantitative estimate of drug-likeness (QED) is 0.204. The number of amides is 3. The van der Waals surface area contributed by atoms with Crippen LogP contribution in [0.25, 0.3) is 0 Å². The smallest absolute Gasteiger partial charge is 0.416 e. The van der Waals surface area contributed by atoms with Crippen LogP contribution in [0.2, 0.25) is 0 Å². The molecule has 0 spiro atoms. The zero-order valence-corrected chi connectivity index (χ0v) is 27.7. The van der Waals surface area contributed by atoms with Gasteiger partial charge in [0.05, 0.1) is 22.7 Å². The highest BCUT2D eigenvalue weighted by molar-refractivity contribution is 8.00. The van der Waals surface area contributed by atoms with Gasteiger partial charge in [-0.05, 0) is 71.5 Å². The Balaban J connectivity index is 0.000000185. The van der Waals surface area contributed by atoms with E-state index in [1.165, 1.54) is 4.90 Å². The number of carbonyl (C=O) groups excluding carboxylic acids is 1. The summed E-state index contributed by atoms with van der Waals surface area (Å²) >= 11 is 3.30. The molecule has 0 radical (unpaired) electrons. The standard InChI is InChI=1S/C25H26N2OS.C13H9NO2S/c1-16(2)18-10-9-11-19(17(3)4)24(18)26-25(28)27-20-12-5-7-14-22(20)29-23-15-8-6-13-21(23)27;15-13(16)14-9-5-1-3-7-11(9)17-12-8-4-2-6-10(12)14/h5-17H,1-4H3,(H,26,28);1-8H,(H,15,16). The first-order chi connectivity index (χ1) is 22.2. The molecule has 2 heterocycles. The normalized spacial score (nSPS) is 12.7.